The van der Waals surface area contributed by atoms with Crippen molar-refractivity contribution in [3.8, 4) is 0 Å². The molecule has 1 saturated heterocycles. The maximum absolute atomic E-state index is 13.5. The van der Waals surface area contributed by atoms with E-state index in [4.69, 9.17) is 9.72 Å². The summed E-state index contributed by atoms with van der Waals surface area (Å²) in [4.78, 5) is 45.8. The summed E-state index contributed by atoms with van der Waals surface area (Å²) in [6.07, 6.45) is 1.80. The number of para-hydroxylation sites is 3. The molecule has 1 atom stereocenters. The van der Waals surface area contributed by atoms with Crippen LogP contribution in [0.25, 0.3) is 10.9 Å². The molecule has 34 heavy (non-hydrogen) atoms. The average molecular weight is 479 g/mol. The Hall–Kier alpha value is -3.17. The number of nitrogens with one attached hydrogen (secondary N) is 1. The number of anilines is 2. The molecule has 2 aliphatic heterocycles. The van der Waals surface area contributed by atoms with Crippen molar-refractivity contribution < 1.29 is 14.3 Å². The molecule has 2 aromatic carbocycles. The van der Waals surface area contributed by atoms with Crippen LogP contribution in [0, 0.1) is 0 Å². The summed E-state index contributed by atoms with van der Waals surface area (Å²) in [6, 6.07) is 14.5. The van der Waals surface area contributed by atoms with Gasteiger partial charge in [-0.15, -0.1) is 0 Å². The zero-order chi connectivity index (χ0) is 23.9. The van der Waals surface area contributed by atoms with Gasteiger partial charge in [0.2, 0.25) is 11.8 Å². The van der Waals surface area contributed by atoms with Gasteiger partial charge in [0.05, 0.1) is 40.7 Å². The minimum absolute atomic E-state index is 0.0291. The van der Waals surface area contributed by atoms with Gasteiger partial charge in [0.1, 0.15) is 5.54 Å². The third-order valence-electron chi connectivity index (χ3n) is 6.32. The summed E-state index contributed by atoms with van der Waals surface area (Å²) in [7, 11) is 0. The van der Waals surface area contributed by atoms with Gasteiger partial charge < -0.3 is 10.1 Å². The Labute approximate surface area is 201 Å². The number of rotatable bonds is 5. The third-order valence-corrected chi connectivity index (χ3v) is 7.28. The normalized spacial score (nSPS) is 19.2. The second kappa shape index (κ2) is 8.88. The van der Waals surface area contributed by atoms with Gasteiger partial charge in [-0.25, -0.2) is 4.98 Å². The van der Waals surface area contributed by atoms with Crippen LogP contribution in [0.2, 0.25) is 0 Å². The van der Waals surface area contributed by atoms with E-state index in [-0.39, 0.29) is 29.2 Å². The zero-order valence-corrected chi connectivity index (χ0v) is 19.9. The Morgan fingerprint density at radius 2 is 1.94 bits per heavy atom. The number of hydrogen-bond donors (Lipinski definition) is 1. The van der Waals surface area contributed by atoms with E-state index in [1.54, 1.807) is 36.6 Å². The van der Waals surface area contributed by atoms with Gasteiger partial charge in [0, 0.05) is 6.61 Å². The van der Waals surface area contributed by atoms with Crippen molar-refractivity contribution in [1.29, 1.82) is 0 Å². The molecule has 0 spiro atoms. The lowest BCUT2D eigenvalue weighted by Gasteiger charge is -2.42. The summed E-state index contributed by atoms with van der Waals surface area (Å²) in [6.45, 7) is 4.53. The zero-order valence-electron chi connectivity index (χ0n) is 19.1. The minimum Gasteiger partial charge on any atom is -0.376 e. The first-order valence-corrected chi connectivity index (χ1v) is 12.3. The van der Waals surface area contributed by atoms with Crippen LogP contribution in [0.4, 0.5) is 11.4 Å². The Kier molecular flexibility index (Phi) is 5.91. The number of aromatic nitrogens is 2. The highest BCUT2D eigenvalue weighted by Gasteiger charge is 2.43. The molecule has 8 nitrogen and oxygen atoms in total. The highest BCUT2D eigenvalue weighted by Crippen LogP contribution is 2.37. The molecule has 5 rings (SSSR count). The fourth-order valence-corrected chi connectivity index (χ4v) is 5.36. The number of nitrogens with zero attached hydrogens (tertiary/aromatic N) is 3. The molecule has 1 aromatic heterocycles. The van der Waals surface area contributed by atoms with Crippen molar-refractivity contribution in [2.45, 2.75) is 50.0 Å². The molecule has 176 valence electrons. The number of carbonyl (C=O) groups is 2. The van der Waals surface area contributed by atoms with E-state index in [1.807, 2.05) is 30.3 Å². The van der Waals surface area contributed by atoms with E-state index >= 15 is 0 Å². The molecular weight excluding hydrogens is 452 g/mol. The summed E-state index contributed by atoms with van der Waals surface area (Å²) in [5, 5.41) is 3.89. The standard InChI is InChI=1S/C25H26N4O4S/c1-25(2)23(32)26-19-11-5-6-12-20(19)29(25)21(30)15-34-24-27-18-10-4-3-9-17(18)22(31)28(24)14-16-8-7-13-33-16/h3-6,9-12,16H,7-8,13-15H2,1-2H3,(H,26,32). The number of fused-ring (bicyclic) bond motifs is 2. The van der Waals surface area contributed by atoms with Crippen molar-refractivity contribution in [2.75, 3.05) is 22.6 Å². The van der Waals surface area contributed by atoms with Crippen LogP contribution in [0.3, 0.4) is 0 Å². The Morgan fingerprint density at radius 3 is 2.74 bits per heavy atom. The van der Waals surface area contributed by atoms with Crippen molar-refractivity contribution in [1.82, 2.24) is 9.55 Å². The molecule has 0 radical (unpaired) electrons. The number of carbonyl (C=O) groups excluding carboxylic acids is 2. The summed E-state index contributed by atoms with van der Waals surface area (Å²) in [5.74, 6) is -0.450. The Balaban J connectivity index is 1.47. The van der Waals surface area contributed by atoms with Gasteiger partial charge >= 0.3 is 0 Å². The van der Waals surface area contributed by atoms with Gasteiger partial charge in [-0.1, -0.05) is 36.0 Å². The van der Waals surface area contributed by atoms with Crippen LogP contribution in [-0.4, -0.2) is 45.4 Å². The maximum atomic E-state index is 13.5. The largest absolute Gasteiger partial charge is 0.376 e. The van der Waals surface area contributed by atoms with Crippen LogP contribution in [0.15, 0.2) is 58.5 Å². The average Bonchev–Trinajstić information content (AvgIpc) is 3.33. The van der Waals surface area contributed by atoms with Crippen LogP contribution >= 0.6 is 11.8 Å². The molecule has 2 aliphatic rings. The number of thioether (sulfide) groups is 1. The lowest BCUT2D eigenvalue weighted by Crippen LogP contribution is -2.59. The molecule has 0 saturated carbocycles. The predicted octanol–water partition coefficient (Wildman–Crippen LogP) is 3.43. The third kappa shape index (κ3) is 3.99. The Bertz CT molecular complexity index is 1330. The molecule has 1 unspecified atom stereocenters. The molecule has 3 aromatic rings. The highest BCUT2D eigenvalue weighted by molar-refractivity contribution is 7.99. The summed E-state index contributed by atoms with van der Waals surface area (Å²) < 4.78 is 7.38. The first kappa shape index (κ1) is 22.6. The van der Waals surface area contributed by atoms with Gasteiger partial charge in [-0.2, -0.15) is 0 Å². The van der Waals surface area contributed by atoms with E-state index in [1.165, 1.54) is 16.7 Å². The fourth-order valence-electron chi connectivity index (χ4n) is 4.50. The predicted molar refractivity (Wildman–Crippen MR) is 132 cm³/mol. The molecule has 1 N–H and O–H groups in total. The summed E-state index contributed by atoms with van der Waals surface area (Å²) in [5.41, 5.74) is 0.651. The Morgan fingerprint density at radius 1 is 1.18 bits per heavy atom. The second-order valence-corrected chi connectivity index (χ2v) is 9.95. The molecule has 2 amide bonds. The monoisotopic (exact) mass is 478 g/mol. The lowest BCUT2D eigenvalue weighted by atomic mass is 9.96. The van der Waals surface area contributed by atoms with E-state index in [2.05, 4.69) is 5.32 Å². The van der Waals surface area contributed by atoms with Crippen LogP contribution in [0.5, 0.6) is 0 Å². The first-order valence-electron chi connectivity index (χ1n) is 11.3. The minimum atomic E-state index is -1.06. The van der Waals surface area contributed by atoms with Crippen LogP contribution < -0.4 is 15.8 Å². The van der Waals surface area contributed by atoms with Crippen molar-refractivity contribution in [2.24, 2.45) is 0 Å². The first-order chi connectivity index (χ1) is 16.4. The van der Waals surface area contributed by atoms with Gasteiger partial charge in [0.25, 0.3) is 5.56 Å². The number of hydrogen-bond acceptors (Lipinski definition) is 6. The topological polar surface area (TPSA) is 93.5 Å². The molecule has 9 heteroatoms. The maximum Gasteiger partial charge on any atom is 0.262 e. The van der Waals surface area contributed by atoms with E-state index in [9.17, 15) is 14.4 Å². The van der Waals surface area contributed by atoms with Gasteiger partial charge in [-0.3, -0.25) is 23.9 Å². The van der Waals surface area contributed by atoms with E-state index in [0.29, 0.717) is 40.6 Å². The number of ether oxygens (including phenoxy) is 1. The van der Waals surface area contributed by atoms with Crippen LogP contribution in [0.1, 0.15) is 26.7 Å². The number of benzene rings is 2. The second-order valence-electron chi connectivity index (χ2n) is 9.01. The van der Waals surface area contributed by atoms with E-state index in [0.717, 1.165) is 12.8 Å². The highest BCUT2D eigenvalue weighted by atomic mass is 32.2. The molecular formula is C25H26N4O4S. The van der Waals surface area contributed by atoms with Crippen molar-refractivity contribution >= 4 is 45.9 Å². The van der Waals surface area contributed by atoms with Crippen molar-refractivity contribution in [3.05, 3.63) is 58.9 Å². The van der Waals surface area contributed by atoms with Gasteiger partial charge in [0.15, 0.2) is 5.16 Å². The molecule has 1 fully saturated rings. The quantitative estimate of drug-likeness (QED) is 0.446. The van der Waals surface area contributed by atoms with Crippen LogP contribution in [-0.2, 0) is 20.9 Å². The molecule has 0 aliphatic carbocycles. The SMILES string of the molecule is CC1(C)C(=O)Nc2ccccc2N1C(=O)CSc1nc2ccccc2c(=O)n1CC1CCCO1. The fraction of sp³-hybridized carbons (Fsp3) is 0.360. The smallest absolute Gasteiger partial charge is 0.262 e. The van der Waals surface area contributed by atoms with Gasteiger partial charge in [-0.05, 0) is 51.0 Å². The molecule has 3 heterocycles. The lowest BCUT2D eigenvalue weighted by molar-refractivity contribution is -0.125. The van der Waals surface area contributed by atoms with Crippen molar-refractivity contribution in [3.63, 3.8) is 0 Å². The summed E-state index contributed by atoms with van der Waals surface area (Å²) >= 11 is 1.21. The van der Waals surface area contributed by atoms with E-state index < -0.39 is 5.54 Å². The molecule has 0 bridgehead atoms. The number of amides is 2.